The molecule has 0 aromatic rings. The van der Waals surface area contributed by atoms with E-state index in [1.54, 1.807) is 6.08 Å². The van der Waals surface area contributed by atoms with Crippen molar-refractivity contribution in [3.05, 3.63) is 36.5 Å². The second-order valence-corrected chi connectivity index (χ2v) is 24.3. The molecule has 2 fully saturated rings. The van der Waals surface area contributed by atoms with Crippen LogP contribution in [0, 0.1) is 0 Å². The Morgan fingerprint density at radius 3 is 1.22 bits per heavy atom. The fraction of sp³-hybridized carbons (Fsp3) is 0.897. The summed E-state index contributed by atoms with van der Waals surface area (Å²) in [5, 5.41) is 87.3. The summed E-state index contributed by atoms with van der Waals surface area (Å²) in [5.74, 6) is -0.235. The maximum Gasteiger partial charge on any atom is 0.220 e. The van der Waals surface area contributed by atoms with Crippen molar-refractivity contribution in [1.29, 1.82) is 0 Å². The normalized spacial score (nSPS) is 24.1. The standard InChI is InChI=1S/C68H127NO13/c1-3-5-7-9-11-13-15-17-19-21-22-23-24-25-26-27-28-29-30-31-32-33-34-36-38-40-42-44-46-48-50-52-60(73)69-56(57(72)51-49-47-45-43-41-39-37-35-20-18-16-14-12-10-8-6-4-2)55-79-67-65(78)63(76)66(59(54-71)81-67)82-68-64(77)62(75)61(74)58(53-70)80-68/h15,17,21-22,49,51,56-59,61-68,70-72,74-78H,3-14,16,18-20,23-48,50,52-55H2,1-2H3,(H,69,73)/b17-15-,22-21-,51-49+. The SMILES string of the molecule is CCCCCCC/C=C\C/C=C\CCCCCCCCCCCCCCCCCCCCCC(=O)NC(COC1OC(CO)C(OC2OC(CO)C(O)C(O)C2O)C(O)C1O)C(O)/C=C/CCCCCCCCCCCCCCCCC. The third-order valence-electron chi connectivity index (χ3n) is 16.8. The first-order valence-corrected chi connectivity index (χ1v) is 34.2. The number of ether oxygens (including phenoxy) is 4. The molecule has 2 aliphatic rings. The second-order valence-electron chi connectivity index (χ2n) is 24.3. The molecule has 14 heteroatoms. The van der Waals surface area contributed by atoms with Crippen LogP contribution in [-0.2, 0) is 23.7 Å². The van der Waals surface area contributed by atoms with Crippen LogP contribution >= 0.6 is 0 Å². The largest absolute Gasteiger partial charge is 0.394 e. The van der Waals surface area contributed by atoms with Gasteiger partial charge in [-0.3, -0.25) is 4.79 Å². The molecule has 0 radical (unpaired) electrons. The number of rotatable bonds is 56. The Balaban J connectivity index is 1.65. The van der Waals surface area contributed by atoms with Crippen LogP contribution in [0.15, 0.2) is 36.5 Å². The van der Waals surface area contributed by atoms with Crippen molar-refractivity contribution in [3.8, 4) is 0 Å². The number of amides is 1. The molecule has 2 heterocycles. The van der Waals surface area contributed by atoms with Crippen LogP contribution in [0.2, 0.25) is 0 Å². The van der Waals surface area contributed by atoms with Gasteiger partial charge in [0.2, 0.25) is 5.91 Å². The summed E-state index contributed by atoms with van der Waals surface area (Å²) >= 11 is 0. The Hall–Kier alpha value is -1.79. The summed E-state index contributed by atoms with van der Waals surface area (Å²) in [6.07, 6.45) is 50.5. The van der Waals surface area contributed by atoms with E-state index in [-0.39, 0.29) is 18.9 Å². The topological polar surface area (TPSA) is 228 Å². The highest BCUT2D eigenvalue weighted by Crippen LogP contribution is 2.30. The van der Waals surface area contributed by atoms with Gasteiger partial charge in [0.15, 0.2) is 12.6 Å². The minimum atomic E-state index is -1.79. The summed E-state index contributed by atoms with van der Waals surface area (Å²) in [4.78, 5) is 13.3. The van der Waals surface area contributed by atoms with E-state index in [1.807, 2.05) is 6.08 Å². The Kier molecular flexibility index (Phi) is 49.7. The zero-order valence-electron chi connectivity index (χ0n) is 52.2. The third kappa shape index (κ3) is 37.7. The number of unbranched alkanes of at least 4 members (excludes halogenated alkanes) is 39. The first-order chi connectivity index (χ1) is 40.1. The van der Waals surface area contributed by atoms with E-state index in [2.05, 4.69) is 43.5 Å². The number of allylic oxidation sites excluding steroid dienone is 5. The molecule has 0 spiro atoms. The van der Waals surface area contributed by atoms with Gasteiger partial charge in [-0.2, -0.15) is 0 Å². The van der Waals surface area contributed by atoms with E-state index in [0.717, 1.165) is 44.9 Å². The molecule has 12 unspecified atom stereocenters. The fourth-order valence-electron chi connectivity index (χ4n) is 11.3. The van der Waals surface area contributed by atoms with Gasteiger partial charge in [-0.25, -0.2) is 0 Å². The molecule has 14 nitrogen and oxygen atoms in total. The van der Waals surface area contributed by atoms with E-state index in [1.165, 1.54) is 225 Å². The molecule has 0 aromatic heterocycles. The molecule has 0 aliphatic carbocycles. The smallest absolute Gasteiger partial charge is 0.220 e. The number of aliphatic hydroxyl groups is 8. The lowest BCUT2D eigenvalue weighted by molar-refractivity contribution is -0.359. The third-order valence-corrected chi connectivity index (χ3v) is 16.8. The number of hydrogen-bond acceptors (Lipinski definition) is 13. The van der Waals surface area contributed by atoms with Gasteiger partial charge in [-0.1, -0.05) is 275 Å². The average molecular weight is 1170 g/mol. The van der Waals surface area contributed by atoms with E-state index in [4.69, 9.17) is 18.9 Å². The molecule has 82 heavy (non-hydrogen) atoms. The highest BCUT2D eigenvalue weighted by atomic mass is 16.7. The van der Waals surface area contributed by atoms with Crippen LogP contribution in [0.5, 0.6) is 0 Å². The number of hydrogen-bond donors (Lipinski definition) is 9. The van der Waals surface area contributed by atoms with E-state index in [0.29, 0.717) is 6.42 Å². The molecule has 482 valence electrons. The van der Waals surface area contributed by atoms with Crippen LogP contribution in [-0.4, -0.2) is 140 Å². The summed E-state index contributed by atoms with van der Waals surface area (Å²) < 4.78 is 22.8. The maximum absolute atomic E-state index is 13.3. The molecular formula is C68H127NO13. The average Bonchev–Trinajstić information content (AvgIpc) is 3.52. The van der Waals surface area contributed by atoms with Gasteiger partial charge in [0.05, 0.1) is 32.0 Å². The second kappa shape index (κ2) is 53.4. The van der Waals surface area contributed by atoms with Crippen LogP contribution in [0.4, 0.5) is 0 Å². The highest BCUT2D eigenvalue weighted by molar-refractivity contribution is 5.76. The van der Waals surface area contributed by atoms with Crippen molar-refractivity contribution >= 4 is 5.91 Å². The van der Waals surface area contributed by atoms with Gasteiger partial charge in [0.25, 0.3) is 0 Å². The van der Waals surface area contributed by atoms with Crippen LogP contribution < -0.4 is 5.32 Å². The molecular weight excluding hydrogens is 1040 g/mol. The molecule has 2 saturated heterocycles. The van der Waals surface area contributed by atoms with Crippen molar-refractivity contribution in [1.82, 2.24) is 5.32 Å². The maximum atomic E-state index is 13.3. The van der Waals surface area contributed by atoms with Crippen molar-refractivity contribution in [2.24, 2.45) is 0 Å². The minimum absolute atomic E-state index is 0.235. The molecule has 2 rings (SSSR count). The van der Waals surface area contributed by atoms with E-state index >= 15 is 0 Å². The predicted molar refractivity (Wildman–Crippen MR) is 332 cm³/mol. The molecule has 0 aromatic carbocycles. The van der Waals surface area contributed by atoms with Gasteiger partial charge in [0, 0.05) is 6.42 Å². The van der Waals surface area contributed by atoms with E-state index in [9.17, 15) is 45.6 Å². The quantitative estimate of drug-likeness (QED) is 0.0204. The van der Waals surface area contributed by atoms with Crippen molar-refractivity contribution in [2.75, 3.05) is 19.8 Å². The lowest BCUT2D eigenvalue weighted by Gasteiger charge is -2.46. The van der Waals surface area contributed by atoms with Gasteiger partial charge in [-0.15, -0.1) is 0 Å². The van der Waals surface area contributed by atoms with Gasteiger partial charge in [0.1, 0.15) is 48.8 Å². The van der Waals surface area contributed by atoms with Crippen LogP contribution in [0.3, 0.4) is 0 Å². The summed E-state index contributed by atoms with van der Waals surface area (Å²) in [6.45, 7) is 2.82. The lowest BCUT2D eigenvalue weighted by Crippen LogP contribution is -2.65. The highest BCUT2D eigenvalue weighted by Gasteiger charge is 2.51. The molecule has 0 bridgehead atoms. The molecule has 9 N–H and O–H groups in total. The molecule has 0 saturated carbocycles. The van der Waals surface area contributed by atoms with Crippen molar-refractivity contribution in [3.63, 3.8) is 0 Å². The van der Waals surface area contributed by atoms with Crippen LogP contribution in [0.25, 0.3) is 0 Å². The van der Waals surface area contributed by atoms with Gasteiger partial charge < -0.3 is 65.1 Å². The van der Waals surface area contributed by atoms with Crippen LogP contribution in [0.1, 0.15) is 296 Å². The minimum Gasteiger partial charge on any atom is -0.394 e. The number of carbonyl (C=O) groups is 1. The van der Waals surface area contributed by atoms with Crippen molar-refractivity contribution < 1.29 is 64.6 Å². The fourth-order valence-corrected chi connectivity index (χ4v) is 11.3. The number of nitrogens with one attached hydrogen (secondary N) is 1. The van der Waals surface area contributed by atoms with Gasteiger partial charge >= 0.3 is 0 Å². The molecule has 2 aliphatic heterocycles. The predicted octanol–water partition coefficient (Wildman–Crippen LogP) is 13.3. The Morgan fingerprint density at radius 2 is 0.805 bits per heavy atom. The van der Waals surface area contributed by atoms with Crippen molar-refractivity contribution in [2.45, 2.75) is 370 Å². The zero-order chi connectivity index (χ0) is 59.5. The first-order valence-electron chi connectivity index (χ1n) is 34.2. The summed E-state index contributed by atoms with van der Waals surface area (Å²) in [6, 6.07) is -0.913. The van der Waals surface area contributed by atoms with E-state index < -0.39 is 86.8 Å². The summed E-state index contributed by atoms with van der Waals surface area (Å²) in [7, 11) is 0. The zero-order valence-corrected chi connectivity index (χ0v) is 52.2. The Morgan fingerprint density at radius 1 is 0.439 bits per heavy atom. The summed E-state index contributed by atoms with van der Waals surface area (Å²) in [5.41, 5.74) is 0. The molecule has 1 amide bonds. The Labute approximate surface area is 500 Å². The lowest BCUT2D eigenvalue weighted by atomic mass is 9.97. The molecule has 12 atom stereocenters. The Bertz CT molecular complexity index is 1510. The van der Waals surface area contributed by atoms with Gasteiger partial charge in [-0.05, 0) is 51.4 Å². The number of carbonyl (C=O) groups excluding carboxylic acids is 1. The monoisotopic (exact) mass is 1170 g/mol. The first kappa shape index (κ1) is 76.3. The number of aliphatic hydroxyl groups excluding tert-OH is 8.